The zero-order valence-corrected chi connectivity index (χ0v) is 15.1. The first-order chi connectivity index (χ1) is 13.1. The molecule has 3 aromatic rings. The van der Waals surface area contributed by atoms with Gasteiger partial charge < -0.3 is 4.74 Å². The number of carbonyl (C=O) groups is 1. The molecule has 8 heteroatoms. The topological polar surface area (TPSA) is 94.4 Å². The minimum atomic E-state index is -0.454. The molecule has 0 spiro atoms. The van der Waals surface area contributed by atoms with E-state index in [1.807, 2.05) is 24.3 Å². The molecule has 0 saturated carbocycles. The number of aromatic nitrogens is 1. The summed E-state index contributed by atoms with van der Waals surface area (Å²) in [5, 5.41) is 15.6. The molecule has 3 rings (SSSR count). The van der Waals surface area contributed by atoms with Crippen molar-refractivity contribution in [2.75, 3.05) is 12.4 Å². The number of thiazole rings is 1. The second-order valence-corrected chi connectivity index (χ2v) is 6.26. The number of nitro benzene ring substituents is 1. The molecule has 2 aromatic carbocycles. The van der Waals surface area contributed by atoms with E-state index in [0.29, 0.717) is 16.6 Å². The lowest BCUT2D eigenvalue weighted by molar-refractivity contribution is -0.384. The van der Waals surface area contributed by atoms with Gasteiger partial charge in [0.1, 0.15) is 5.75 Å². The number of hydrogen-bond donors (Lipinski definition) is 1. The Kier molecular flexibility index (Phi) is 5.58. The van der Waals surface area contributed by atoms with E-state index in [-0.39, 0.29) is 11.6 Å². The van der Waals surface area contributed by atoms with E-state index in [2.05, 4.69) is 10.3 Å². The average molecular weight is 381 g/mol. The number of nitrogens with one attached hydrogen (secondary N) is 1. The van der Waals surface area contributed by atoms with Gasteiger partial charge in [-0.2, -0.15) is 0 Å². The molecule has 1 amide bonds. The molecule has 0 radical (unpaired) electrons. The summed E-state index contributed by atoms with van der Waals surface area (Å²) in [5.41, 5.74) is 2.19. The van der Waals surface area contributed by atoms with Gasteiger partial charge in [-0.15, -0.1) is 11.3 Å². The molecule has 7 nitrogen and oxygen atoms in total. The zero-order valence-electron chi connectivity index (χ0n) is 14.3. The first-order valence-corrected chi connectivity index (χ1v) is 8.77. The smallest absolute Gasteiger partial charge is 0.269 e. The van der Waals surface area contributed by atoms with Crippen LogP contribution in [0.2, 0.25) is 0 Å². The lowest BCUT2D eigenvalue weighted by Crippen LogP contribution is -2.07. The summed E-state index contributed by atoms with van der Waals surface area (Å²) in [4.78, 5) is 26.7. The molecular formula is C19H15N3O4S. The van der Waals surface area contributed by atoms with Gasteiger partial charge in [0.05, 0.1) is 17.7 Å². The summed E-state index contributed by atoms with van der Waals surface area (Å²) < 4.78 is 5.24. The van der Waals surface area contributed by atoms with E-state index in [1.165, 1.54) is 29.5 Å². The normalized spacial score (nSPS) is 10.7. The Morgan fingerprint density at radius 2 is 1.96 bits per heavy atom. The van der Waals surface area contributed by atoms with Crippen molar-refractivity contribution in [2.24, 2.45) is 0 Å². The minimum absolute atomic E-state index is 0.0176. The number of methoxy groups -OCH3 is 1. The summed E-state index contributed by atoms with van der Waals surface area (Å²) in [6.07, 6.45) is 3.07. The predicted octanol–water partition coefficient (Wildman–Crippen LogP) is 4.38. The number of hydrogen-bond acceptors (Lipinski definition) is 6. The zero-order chi connectivity index (χ0) is 19.2. The monoisotopic (exact) mass is 381 g/mol. The van der Waals surface area contributed by atoms with Gasteiger partial charge in [0.25, 0.3) is 5.69 Å². The van der Waals surface area contributed by atoms with Crippen LogP contribution in [0.3, 0.4) is 0 Å². The van der Waals surface area contributed by atoms with E-state index >= 15 is 0 Å². The maximum Gasteiger partial charge on any atom is 0.269 e. The van der Waals surface area contributed by atoms with Crippen LogP contribution < -0.4 is 10.1 Å². The van der Waals surface area contributed by atoms with Crippen molar-refractivity contribution >= 4 is 34.1 Å². The lowest BCUT2D eigenvalue weighted by atomic mass is 10.1. The van der Waals surface area contributed by atoms with Crippen molar-refractivity contribution in [3.05, 3.63) is 75.7 Å². The van der Waals surface area contributed by atoms with Gasteiger partial charge in [-0.05, 0) is 24.3 Å². The number of ether oxygens (including phenoxy) is 1. The van der Waals surface area contributed by atoms with Crippen molar-refractivity contribution in [2.45, 2.75) is 0 Å². The predicted molar refractivity (Wildman–Crippen MR) is 105 cm³/mol. The van der Waals surface area contributed by atoms with Gasteiger partial charge in [-0.1, -0.05) is 18.2 Å². The van der Waals surface area contributed by atoms with Crippen LogP contribution in [0, 0.1) is 10.1 Å². The van der Waals surface area contributed by atoms with Crippen molar-refractivity contribution in [1.82, 2.24) is 4.98 Å². The Hall–Kier alpha value is -3.52. The highest BCUT2D eigenvalue weighted by Crippen LogP contribution is 2.26. The SMILES string of the molecule is COc1ccccc1/C=C/C(=O)Nc1nc(-c2ccc([N+](=O)[O-])cc2)cs1. The number of amides is 1. The van der Waals surface area contributed by atoms with E-state index in [9.17, 15) is 14.9 Å². The molecule has 0 saturated heterocycles. The molecule has 0 aliphatic carbocycles. The third-order valence-corrected chi connectivity index (χ3v) is 4.42. The highest BCUT2D eigenvalue weighted by Gasteiger charge is 2.09. The van der Waals surface area contributed by atoms with Crippen LogP contribution in [0.25, 0.3) is 17.3 Å². The van der Waals surface area contributed by atoms with Crippen molar-refractivity contribution in [1.29, 1.82) is 0 Å². The molecule has 136 valence electrons. The summed E-state index contributed by atoms with van der Waals surface area (Å²) in [7, 11) is 1.57. The molecule has 1 aromatic heterocycles. The molecule has 0 aliphatic heterocycles. The number of non-ortho nitro benzene ring substituents is 1. The van der Waals surface area contributed by atoms with E-state index in [1.54, 1.807) is 30.7 Å². The fourth-order valence-electron chi connectivity index (χ4n) is 2.33. The minimum Gasteiger partial charge on any atom is -0.496 e. The lowest BCUT2D eigenvalue weighted by Gasteiger charge is -2.03. The summed E-state index contributed by atoms with van der Waals surface area (Å²) in [5.74, 6) is 0.363. The Morgan fingerprint density at radius 1 is 1.22 bits per heavy atom. The van der Waals surface area contributed by atoms with Gasteiger partial charge >= 0.3 is 0 Å². The Labute approximate surface area is 159 Å². The number of carbonyl (C=O) groups excluding carboxylic acids is 1. The van der Waals surface area contributed by atoms with Crippen molar-refractivity contribution < 1.29 is 14.5 Å². The van der Waals surface area contributed by atoms with Gasteiger partial charge in [0, 0.05) is 34.7 Å². The maximum atomic E-state index is 12.1. The van der Waals surface area contributed by atoms with Crippen LogP contribution in [0.1, 0.15) is 5.56 Å². The molecule has 0 bridgehead atoms. The van der Waals surface area contributed by atoms with Gasteiger partial charge in [0.2, 0.25) is 5.91 Å². The van der Waals surface area contributed by atoms with Gasteiger partial charge in [-0.3, -0.25) is 20.2 Å². The molecular weight excluding hydrogens is 366 g/mol. The number of rotatable bonds is 6. The Balaban J connectivity index is 1.67. The Bertz CT molecular complexity index is 996. The van der Waals surface area contributed by atoms with Crippen molar-refractivity contribution in [3.63, 3.8) is 0 Å². The van der Waals surface area contributed by atoms with Gasteiger partial charge in [0.15, 0.2) is 5.13 Å². The largest absolute Gasteiger partial charge is 0.496 e. The van der Waals surface area contributed by atoms with Crippen LogP contribution in [-0.2, 0) is 4.79 Å². The van der Waals surface area contributed by atoms with Crippen LogP contribution >= 0.6 is 11.3 Å². The summed E-state index contributed by atoms with van der Waals surface area (Å²) in [6.45, 7) is 0. The number of anilines is 1. The third-order valence-electron chi connectivity index (χ3n) is 3.66. The van der Waals surface area contributed by atoms with Crippen LogP contribution in [-0.4, -0.2) is 22.9 Å². The molecule has 0 atom stereocenters. The molecule has 0 fully saturated rings. The van der Waals surface area contributed by atoms with Crippen LogP contribution in [0.5, 0.6) is 5.75 Å². The summed E-state index contributed by atoms with van der Waals surface area (Å²) in [6, 6.07) is 13.5. The fraction of sp³-hybridized carbons (Fsp3) is 0.0526. The number of nitro groups is 1. The van der Waals surface area contributed by atoms with Crippen LogP contribution in [0.4, 0.5) is 10.8 Å². The number of para-hydroxylation sites is 1. The van der Waals surface area contributed by atoms with E-state index < -0.39 is 4.92 Å². The highest BCUT2D eigenvalue weighted by atomic mass is 32.1. The molecule has 1 heterocycles. The average Bonchev–Trinajstić information content (AvgIpc) is 3.15. The number of nitrogens with zero attached hydrogens (tertiary/aromatic N) is 2. The number of benzene rings is 2. The molecule has 0 unspecified atom stereocenters. The molecule has 0 aliphatic rings. The first-order valence-electron chi connectivity index (χ1n) is 7.89. The van der Waals surface area contributed by atoms with E-state index in [0.717, 1.165) is 11.1 Å². The van der Waals surface area contributed by atoms with Crippen LogP contribution in [0.15, 0.2) is 60.0 Å². The maximum absolute atomic E-state index is 12.1. The quantitative estimate of drug-likeness (QED) is 0.388. The van der Waals surface area contributed by atoms with Crippen molar-refractivity contribution in [3.8, 4) is 17.0 Å². The second kappa shape index (κ2) is 8.24. The second-order valence-electron chi connectivity index (χ2n) is 5.41. The van der Waals surface area contributed by atoms with E-state index in [4.69, 9.17) is 4.74 Å². The molecule has 27 heavy (non-hydrogen) atoms. The Morgan fingerprint density at radius 3 is 2.67 bits per heavy atom. The van der Waals surface area contributed by atoms with Gasteiger partial charge in [-0.25, -0.2) is 4.98 Å². The summed E-state index contributed by atoms with van der Waals surface area (Å²) >= 11 is 1.28. The molecule has 1 N–H and O–H groups in total. The highest BCUT2D eigenvalue weighted by molar-refractivity contribution is 7.14. The standard InChI is InChI=1S/C19H15N3O4S/c1-26-17-5-3-2-4-14(17)8-11-18(23)21-19-20-16(12-27-19)13-6-9-15(10-7-13)22(24)25/h2-12H,1H3,(H,20,21,23)/b11-8+. The third kappa shape index (κ3) is 4.56. The fourth-order valence-corrected chi connectivity index (χ4v) is 3.06. The first kappa shape index (κ1) is 18.3.